The summed E-state index contributed by atoms with van der Waals surface area (Å²) >= 11 is 0. The molecule has 5 heteroatoms. The third-order valence-corrected chi connectivity index (χ3v) is 4.67. The average molecular weight is 362 g/mol. The maximum absolute atomic E-state index is 12.2. The van der Waals surface area contributed by atoms with E-state index in [0.717, 1.165) is 41.0 Å². The SMILES string of the molecule is C=C(C)n1c(=O)n(CCC)c2ccccc21.Cc1nc2ccccn2c1C. The van der Waals surface area contributed by atoms with Crippen molar-refractivity contribution in [2.75, 3.05) is 0 Å². The van der Waals surface area contributed by atoms with Crippen molar-refractivity contribution in [2.24, 2.45) is 0 Å². The summed E-state index contributed by atoms with van der Waals surface area (Å²) < 4.78 is 5.57. The number of allylic oxidation sites excluding steroid dienone is 1. The van der Waals surface area contributed by atoms with Gasteiger partial charge in [0.05, 0.1) is 16.7 Å². The van der Waals surface area contributed by atoms with Gasteiger partial charge >= 0.3 is 5.69 Å². The maximum atomic E-state index is 12.2. The number of para-hydroxylation sites is 2. The fourth-order valence-corrected chi connectivity index (χ4v) is 3.25. The molecule has 0 atom stereocenters. The molecule has 0 fully saturated rings. The van der Waals surface area contributed by atoms with E-state index in [1.165, 1.54) is 5.69 Å². The topological polar surface area (TPSA) is 44.2 Å². The molecule has 0 radical (unpaired) electrons. The summed E-state index contributed by atoms with van der Waals surface area (Å²) in [4.78, 5) is 16.6. The minimum Gasteiger partial charge on any atom is -0.304 e. The van der Waals surface area contributed by atoms with Gasteiger partial charge in [-0.1, -0.05) is 31.7 Å². The molecule has 0 amide bonds. The molecule has 4 rings (SSSR count). The van der Waals surface area contributed by atoms with Crippen LogP contribution in [0.4, 0.5) is 0 Å². The van der Waals surface area contributed by atoms with Crippen LogP contribution in [0.1, 0.15) is 31.7 Å². The van der Waals surface area contributed by atoms with Crippen LogP contribution in [0, 0.1) is 13.8 Å². The Morgan fingerprint density at radius 1 is 1.07 bits per heavy atom. The van der Waals surface area contributed by atoms with Crippen LogP contribution in [-0.2, 0) is 6.54 Å². The van der Waals surface area contributed by atoms with Crippen LogP contribution in [0.15, 0.2) is 60.0 Å². The molecule has 3 aromatic heterocycles. The lowest BCUT2D eigenvalue weighted by molar-refractivity contribution is 0.665. The van der Waals surface area contributed by atoms with E-state index < -0.39 is 0 Å². The Bertz CT molecular complexity index is 1160. The Balaban J connectivity index is 0.000000166. The highest BCUT2D eigenvalue weighted by molar-refractivity contribution is 5.79. The van der Waals surface area contributed by atoms with Crippen molar-refractivity contribution in [1.82, 2.24) is 18.5 Å². The molecule has 0 saturated carbocycles. The first kappa shape index (κ1) is 18.7. The lowest BCUT2D eigenvalue weighted by Gasteiger charge is -1.99. The number of nitrogens with zero attached hydrogens (tertiary/aromatic N) is 4. The number of hydrogen-bond acceptors (Lipinski definition) is 2. The van der Waals surface area contributed by atoms with Gasteiger partial charge in [0.1, 0.15) is 5.65 Å². The van der Waals surface area contributed by atoms with Crippen molar-refractivity contribution >= 4 is 22.4 Å². The van der Waals surface area contributed by atoms with E-state index in [9.17, 15) is 4.79 Å². The summed E-state index contributed by atoms with van der Waals surface area (Å²) in [6.45, 7) is 12.6. The van der Waals surface area contributed by atoms with Crippen molar-refractivity contribution in [3.8, 4) is 0 Å². The lowest BCUT2D eigenvalue weighted by Crippen LogP contribution is -2.23. The fourth-order valence-electron chi connectivity index (χ4n) is 3.25. The zero-order chi connectivity index (χ0) is 19.6. The van der Waals surface area contributed by atoms with Crippen LogP contribution in [0.3, 0.4) is 0 Å². The number of rotatable bonds is 3. The first-order chi connectivity index (χ1) is 13.0. The van der Waals surface area contributed by atoms with Gasteiger partial charge in [-0.3, -0.25) is 9.13 Å². The summed E-state index contributed by atoms with van der Waals surface area (Å²) in [5.41, 5.74) is 6.05. The minimum atomic E-state index is 0.00977. The van der Waals surface area contributed by atoms with Crippen LogP contribution in [0.25, 0.3) is 22.4 Å². The molecule has 0 bridgehead atoms. The zero-order valence-corrected chi connectivity index (χ0v) is 16.4. The normalized spacial score (nSPS) is 10.8. The molecule has 0 spiro atoms. The van der Waals surface area contributed by atoms with Crippen LogP contribution in [0.2, 0.25) is 0 Å². The Morgan fingerprint density at radius 2 is 1.74 bits per heavy atom. The van der Waals surface area contributed by atoms with Gasteiger partial charge in [-0.25, -0.2) is 9.78 Å². The van der Waals surface area contributed by atoms with Crippen LogP contribution >= 0.6 is 0 Å². The Hall–Kier alpha value is -3.08. The number of hydrogen-bond donors (Lipinski definition) is 0. The first-order valence-electron chi connectivity index (χ1n) is 9.22. The molecule has 4 aromatic rings. The fraction of sp³-hybridized carbons (Fsp3) is 0.273. The molecule has 0 aliphatic carbocycles. The molecule has 140 valence electrons. The van der Waals surface area contributed by atoms with Gasteiger partial charge in [-0.15, -0.1) is 0 Å². The molecule has 1 aromatic carbocycles. The van der Waals surface area contributed by atoms with Crippen molar-refractivity contribution in [3.05, 3.63) is 77.1 Å². The molecular weight excluding hydrogens is 336 g/mol. The van der Waals surface area contributed by atoms with Gasteiger partial charge in [0.15, 0.2) is 0 Å². The monoisotopic (exact) mass is 362 g/mol. The van der Waals surface area contributed by atoms with E-state index in [2.05, 4.69) is 29.8 Å². The summed E-state index contributed by atoms with van der Waals surface area (Å²) in [7, 11) is 0. The second-order valence-electron chi connectivity index (χ2n) is 6.71. The highest BCUT2D eigenvalue weighted by Gasteiger charge is 2.11. The Kier molecular flexibility index (Phi) is 5.31. The number of fused-ring (bicyclic) bond motifs is 2. The van der Waals surface area contributed by atoms with E-state index >= 15 is 0 Å². The van der Waals surface area contributed by atoms with Crippen molar-refractivity contribution in [2.45, 2.75) is 40.7 Å². The van der Waals surface area contributed by atoms with Crippen LogP contribution in [0.5, 0.6) is 0 Å². The summed E-state index contributed by atoms with van der Waals surface area (Å²) in [5.74, 6) is 0. The smallest absolute Gasteiger partial charge is 0.304 e. The summed E-state index contributed by atoms with van der Waals surface area (Å²) in [5, 5.41) is 0. The van der Waals surface area contributed by atoms with Gasteiger partial charge in [0, 0.05) is 24.1 Å². The minimum absolute atomic E-state index is 0.00977. The molecule has 3 heterocycles. The van der Waals surface area contributed by atoms with E-state index in [1.807, 2.05) is 67.1 Å². The number of aryl methyl sites for hydroxylation is 3. The largest absolute Gasteiger partial charge is 0.333 e. The molecule has 0 saturated heterocycles. The molecule has 5 nitrogen and oxygen atoms in total. The molecule has 0 aliphatic heterocycles. The highest BCUT2D eigenvalue weighted by atomic mass is 16.1. The van der Waals surface area contributed by atoms with Crippen LogP contribution in [-0.4, -0.2) is 18.5 Å². The predicted octanol–water partition coefficient (Wildman–Crippen LogP) is 4.65. The number of pyridine rings is 1. The highest BCUT2D eigenvalue weighted by Crippen LogP contribution is 2.15. The molecule has 0 aliphatic rings. The molecule has 0 unspecified atom stereocenters. The first-order valence-corrected chi connectivity index (χ1v) is 9.22. The number of imidazole rings is 2. The number of aromatic nitrogens is 4. The lowest BCUT2D eigenvalue weighted by atomic mass is 10.3. The van der Waals surface area contributed by atoms with Gasteiger partial charge < -0.3 is 4.40 Å². The molecular formula is C22H26N4O. The second-order valence-corrected chi connectivity index (χ2v) is 6.71. The van der Waals surface area contributed by atoms with Gasteiger partial charge in [-0.05, 0) is 51.5 Å². The third-order valence-electron chi connectivity index (χ3n) is 4.67. The number of benzene rings is 1. The quantitative estimate of drug-likeness (QED) is 0.532. The van der Waals surface area contributed by atoms with Gasteiger partial charge in [0.2, 0.25) is 0 Å². The van der Waals surface area contributed by atoms with E-state index in [1.54, 1.807) is 4.57 Å². The molecule has 27 heavy (non-hydrogen) atoms. The summed E-state index contributed by atoms with van der Waals surface area (Å²) in [6, 6.07) is 13.9. The third kappa shape index (κ3) is 3.45. The van der Waals surface area contributed by atoms with E-state index in [-0.39, 0.29) is 5.69 Å². The van der Waals surface area contributed by atoms with Gasteiger partial charge in [0.25, 0.3) is 0 Å². The van der Waals surface area contributed by atoms with Crippen LogP contribution < -0.4 is 5.69 Å². The second kappa shape index (κ2) is 7.66. The standard InChI is InChI=1S/C13H16N2O.C9H10N2/c1-4-9-14-11-7-5-6-8-12(11)15(10(2)3)13(14)16;1-7-8(2)11-6-4-3-5-9(11)10-7/h5-8H,2,4,9H2,1,3H3;3-6H,1-2H3. The van der Waals surface area contributed by atoms with E-state index in [4.69, 9.17) is 0 Å². The molecule has 0 N–H and O–H groups in total. The van der Waals surface area contributed by atoms with Crippen molar-refractivity contribution in [3.63, 3.8) is 0 Å². The van der Waals surface area contributed by atoms with Crippen molar-refractivity contribution in [1.29, 1.82) is 0 Å². The average Bonchev–Trinajstić information content (AvgIpc) is 3.10. The van der Waals surface area contributed by atoms with Crippen molar-refractivity contribution < 1.29 is 0 Å². The summed E-state index contributed by atoms with van der Waals surface area (Å²) in [6.07, 6.45) is 2.98. The zero-order valence-electron chi connectivity index (χ0n) is 16.4. The van der Waals surface area contributed by atoms with E-state index in [0.29, 0.717) is 0 Å². The maximum Gasteiger partial charge on any atom is 0.333 e. The Labute approximate surface area is 159 Å². The predicted molar refractivity (Wildman–Crippen MR) is 112 cm³/mol. The van der Waals surface area contributed by atoms with Gasteiger partial charge in [-0.2, -0.15) is 0 Å². The Morgan fingerprint density at radius 3 is 2.37 bits per heavy atom.